The van der Waals surface area contributed by atoms with Crippen molar-refractivity contribution in [1.82, 2.24) is 5.32 Å². The quantitative estimate of drug-likeness (QED) is 0.842. The number of hydrogen-bond donors (Lipinski definition) is 1. The van der Waals surface area contributed by atoms with Crippen molar-refractivity contribution in [2.24, 2.45) is 0 Å². The van der Waals surface area contributed by atoms with Crippen LogP contribution in [-0.2, 0) is 14.6 Å². The molecule has 2 aromatic carbocycles. The van der Waals surface area contributed by atoms with Crippen molar-refractivity contribution in [2.75, 3.05) is 17.3 Å². The van der Waals surface area contributed by atoms with Gasteiger partial charge in [0.1, 0.15) is 0 Å². The van der Waals surface area contributed by atoms with E-state index in [1.807, 2.05) is 36.4 Å². The number of hydrogen-bond acceptors (Lipinski definition) is 4. The number of fused-ring (bicyclic) bond motifs is 1. The molecule has 0 saturated carbocycles. The normalized spacial score (nSPS) is 19.8. The SMILES string of the molecule is O=C(CSc1cccc2cccc(Cl)c12)NC1CCS(=O)(=O)C1. The number of nitrogens with one attached hydrogen (secondary N) is 1. The van der Waals surface area contributed by atoms with Crippen molar-refractivity contribution >= 4 is 49.9 Å². The van der Waals surface area contributed by atoms with Gasteiger partial charge in [0.2, 0.25) is 5.91 Å². The first-order valence-electron chi connectivity index (χ1n) is 7.24. The first-order valence-corrected chi connectivity index (χ1v) is 10.4. The molecule has 0 radical (unpaired) electrons. The zero-order valence-electron chi connectivity index (χ0n) is 12.3. The van der Waals surface area contributed by atoms with E-state index < -0.39 is 9.84 Å². The van der Waals surface area contributed by atoms with E-state index in [1.54, 1.807) is 0 Å². The second-order valence-electron chi connectivity index (χ2n) is 5.55. The fourth-order valence-electron chi connectivity index (χ4n) is 2.70. The summed E-state index contributed by atoms with van der Waals surface area (Å²) < 4.78 is 22.8. The van der Waals surface area contributed by atoms with Crippen LogP contribution in [0.1, 0.15) is 6.42 Å². The monoisotopic (exact) mass is 369 g/mol. The lowest BCUT2D eigenvalue weighted by molar-refractivity contribution is -0.119. The maximum Gasteiger partial charge on any atom is 0.230 e. The van der Waals surface area contributed by atoms with Gasteiger partial charge in [0.25, 0.3) is 0 Å². The number of thioether (sulfide) groups is 1. The van der Waals surface area contributed by atoms with Gasteiger partial charge in [-0.1, -0.05) is 35.9 Å². The predicted octanol–water partition coefficient (Wildman–Crippen LogP) is 2.89. The van der Waals surface area contributed by atoms with Crippen molar-refractivity contribution in [3.63, 3.8) is 0 Å². The van der Waals surface area contributed by atoms with E-state index in [4.69, 9.17) is 11.6 Å². The van der Waals surface area contributed by atoms with Gasteiger partial charge in [-0.25, -0.2) is 8.42 Å². The van der Waals surface area contributed by atoms with Gasteiger partial charge in [0.05, 0.1) is 17.3 Å². The molecule has 1 atom stereocenters. The second kappa shape index (κ2) is 6.71. The molecule has 1 fully saturated rings. The first kappa shape index (κ1) is 16.6. The highest BCUT2D eigenvalue weighted by Crippen LogP contribution is 2.33. The number of benzene rings is 2. The maximum absolute atomic E-state index is 12.0. The van der Waals surface area contributed by atoms with Crippen molar-refractivity contribution in [3.05, 3.63) is 41.4 Å². The van der Waals surface area contributed by atoms with Crippen LogP contribution in [0.3, 0.4) is 0 Å². The predicted molar refractivity (Wildman–Crippen MR) is 94.9 cm³/mol. The molecule has 1 heterocycles. The highest BCUT2D eigenvalue weighted by molar-refractivity contribution is 8.00. The summed E-state index contributed by atoms with van der Waals surface area (Å²) in [5.74, 6) is 0.287. The molecule has 1 unspecified atom stereocenters. The number of rotatable bonds is 4. The molecule has 0 spiro atoms. The molecule has 0 bridgehead atoms. The molecule has 0 aromatic heterocycles. The van der Waals surface area contributed by atoms with Gasteiger partial charge >= 0.3 is 0 Å². The fraction of sp³-hybridized carbons (Fsp3) is 0.312. The van der Waals surface area contributed by atoms with Crippen LogP contribution in [-0.4, -0.2) is 37.6 Å². The van der Waals surface area contributed by atoms with Crippen LogP contribution in [0.4, 0.5) is 0 Å². The molecule has 2 aromatic rings. The molecule has 23 heavy (non-hydrogen) atoms. The van der Waals surface area contributed by atoms with E-state index in [2.05, 4.69) is 5.32 Å². The lowest BCUT2D eigenvalue weighted by Gasteiger charge is -2.11. The third-order valence-electron chi connectivity index (χ3n) is 3.77. The Labute approximate surface area is 144 Å². The van der Waals surface area contributed by atoms with Gasteiger partial charge < -0.3 is 5.32 Å². The summed E-state index contributed by atoms with van der Waals surface area (Å²) in [6.07, 6.45) is 0.499. The number of carbonyl (C=O) groups excluding carboxylic acids is 1. The molecule has 1 aliphatic heterocycles. The van der Waals surface area contributed by atoms with Gasteiger partial charge in [0.15, 0.2) is 9.84 Å². The molecule has 1 N–H and O–H groups in total. The van der Waals surface area contributed by atoms with E-state index in [-0.39, 0.29) is 29.2 Å². The van der Waals surface area contributed by atoms with Crippen molar-refractivity contribution in [2.45, 2.75) is 17.4 Å². The zero-order chi connectivity index (χ0) is 16.4. The average molecular weight is 370 g/mol. The minimum atomic E-state index is -2.98. The van der Waals surface area contributed by atoms with Crippen LogP contribution in [0, 0.1) is 0 Å². The minimum Gasteiger partial charge on any atom is -0.352 e. The molecule has 122 valence electrons. The number of sulfone groups is 1. The molecule has 1 saturated heterocycles. The van der Waals surface area contributed by atoms with Crippen LogP contribution in [0.2, 0.25) is 5.02 Å². The third-order valence-corrected chi connectivity index (χ3v) is 6.91. The molecule has 4 nitrogen and oxygen atoms in total. The largest absolute Gasteiger partial charge is 0.352 e. The van der Waals surface area contributed by atoms with Gasteiger partial charge in [-0.2, -0.15) is 0 Å². The summed E-state index contributed by atoms with van der Waals surface area (Å²) in [4.78, 5) is 13.0. The maximum atomic E-state index is 12.0. The van der Waals surface area contributed by atoms with Crippen LogP contribution in [0.25, 0.3) is 10.8 Å². The molecule has 1 amide bonds. The van der Waals surface area contributed by atoms with E-state index in [0.717, 1.165) is 15.7 Å². The highest BCUT2D eigenvalue weighted by Gasteiger charge is 2.28. The minimum absolute atomic E-state index is 0.0451. The number of halogens is 1. The van der Waals surface area contributed by atoms with E-state index >= 15 is 0 Å². The van der Waals surface area contributed by atoms with Gasteiger partial charge in [-0.15, -0.1) is 11.8 Å². The van der Waals surface area contributed by atoms with Crippen molar-refractivity contribution < 1.29 is 13.2 Å². The van der Waals surface area contributed by atoms with E-state index in [0.29, 0.717) is 11.4 Å². The average Bonchev–Trinajstić information content (AvgIpc) is 2.84. The second-order valence-corrected chi connectivity index (χ2v) is 9.20. The fourth-order valence-corrected chi connectivity index (χ4v) is 5.63. The summed E-state index contributed by atoms with van der Waals surface area (Å²) >= 11 is 7.68. The summed E-state index contributed by atoms with van der Waals surface area (Å²) in [5.41, 5.74) is 0. The summed E-state index contributed by atoms with van der Waals surface area (Å²) in [5, 5.41) is 5.43. The van der Waals surface area contributed by atoms with Gasteiger partial charge in [-0.05, 0) is 23.9 Å². The smallest absolute Gasteiger partial charge is 0.230 e. The molecule has 3 rings (SSSR count). The Morgan fingerprint density at radius 3 is 2.70 bits per heavy atom. The summed E-state index contributed by atoms with van der Waals surface area (Å²) in [6.45, 7) is 0. The van der Waals surface area contributed by atoms with E-state index in [1.165, 1.54) is 11.8 Å². The van der Waals surface area contributed by atoms with Crippen molar-refractivity contribution in [3.8, 4) is 0 Å². The Hall–Kier alpha value is -1.24. The molecule has 1 aliphatic rings. The van der Waals surface area contributed by atoms with E-state index in [9.17, 15) is 13.2 Å². The Kier molecular flexibility index (Phi) is 4.85. The Morgan fingerprint density at radius 2 is 2.00 bits per heavy atom. The Bertz CT molecular complexity index is 846. The van der Waals surface area contributed by atoms with Crippen LogP contribution < -0.4 is 5.32 Å². The van der Waals surface area contributed by atoms with Crippen LogP contribution in [0.5, 0.6) is 0 Å². The summed E-state index contributed by atoms with van der Waals surface area (Å²) in [7, 11) is -2.98. The van der Waals surface area contributed by atoms with Crippen LogP contribution in [0.15, 0.2) is 41.3 Å². The Morgan fingerprint density at radius 1 is 1.26 bits per heavy atom. The number of carbonyl (C=O) groups is 1. The lowest BCUT2D eigenvalue weighted by Crippen LogP contribution is -2.36. The molecular weight excluding hydrogens is 354 g/mol. The Balaban J connectivity index is 1.66. The first-order chi connectivity index (χ1) is 10.9. The summed E-state index contributed by atoms with van der Waals surface area (Å²) in [6, 6.07) is 11.3. The lowest BCUT2D eigenvalue weighted by atomic mass is 10.1. The van der Waals surface area contributed by atoms with Crippen LogP contribution >= 0.6 is 23.4 Å². The van der Waals surface area contributed by atoms with Crippen molar-refractivity contribution in [1.29, 1.82) is 0 Å². The molecule has 0 aliphatic carbocycles. The molecule has 7 heteroatoms. The highest BCUT2D eigenvalue weighted by atomic mass is 35.5. The van der Waals surface area contributed by atoms with Gasteiger partial charge in [0, 0.05) is 21.3 Å². The third kappa shape index (κ3) is 4.00. The van der Waals surface area contributed by atoms with Gasteiger partial charge in [-0.3, -0.25) is 4.79 Å². The number of amides is 1. The topological polar surface area (TPSA) is 63.2 Å². The molecular formula is C16H16ClNO3S2. The standard InChI is InChI=1S/C16H16ClNO3S2/c17-13-5-1-3-11-4-2-6-14(16(11)13)22-9-15(19)18-12-7-8-23(20,21)10-12/h1-6,12H,7-10H2,(H,18,19). The zero-order valence-corrected chi connectivity index (χ0v) is 14.7.